The van der Waals surface area contributed by atoms with Gasteiger partial charge in [-0.2, -0.15) is 0 Å². The van der Waals surface area contributed by atoms with Crippen molar-refractivity contribution >= 4 is 22.6 Å². The van der Waals surface area contributed by atoms with Crippen LogP contribution in [0, 0.1) is 3.90 Å². The van der Waals surface area contributed by atoms with Gasteiger partial charge in [0.1, 0.15) is 0 Å². The predicted octanol–water partition coefficient (Wildman–Crippen LogP) is 1.04. The largest absolute Gasteiger partial charge is 0.412 e. The number of aryl methyl sites for hydroxylation is 1. The van der Waals surface area contributed by atoms with E-state index in [-0.39, 0.29) is 5.56 Å². The predicted molar refractivity (Wildman–Crippen MR) is 57.7 cm³/mol. The molecule has 0 aliphatic carbocycles. The molecule has 0 unspecified atom stereocenters. The van der Waals surface area contributed by atoms with Crippen molar-refractivity contribution in [3.05, 3.63) is 32.6 Å². The van der Waals surface area contributed by atoms with Crippen LogP contribution in [0.2, 0.25) is 0 Å². The second-order valence-corrected chi connectivity index (χ2v) is 3.65. The molecule has 0 aliphatic heterocycles. The fourth-order valence-electron chi connectivity index (χ4n) is 1.00. The van der Waals surface area contributed by atoms with Crippen LogP contribution in [-0.4, -0.2) is 14.8 Å². The lowest BCUT2D eigenvalue weighted by Crippen LogP contribution is -2.14. The van der Waals surface area contributed by atoms with Gasteiger partial charge >= 0.3 is 0 Å². The molecule has 0 saturated carbocycles. The molecule has 2 aromatic heterocycles. The van der Waals surface area contributed by atoms with Gasteiger partial charge in [-0.25, -0.2) is 0 Å². The normalized spacial score (nSPS) is 10.4. The van der Waals surface area contributed by atoms with E-state index >= 15 is 0 Å². The van der Waals surface area contributed by atoms with E-state index in [1.54, 1.807) is 19.3 Å². The molecule has 0 saturated heterocycles. The van der Waals surface area contributed by atoms with E-state index in [1.807, 2.05) is 22.6 Å². The number of nitrogens with zero attached hydrogens (tertiary/aromatic N) is 3. The van der Waals surface area contributed by atoms with Gasteiger partial charge in [0.2, 0.25) is 5.89 Å². The second-order valence-electron chi connectivity index (χ2n) is 2.72. The molecule has 14 heavy (non-hydrogen) atoms. The highest BCUT2D eigenvalue weighted by atomic mass is 127. The van der Waals surface area contributed by atoms with E-state index in [1.165, 1.54) is 10.6 Å². The highest BCUT2D eigenvalue weighted by Crippen LogP contribution is 2.15. The molecule has 2 aromatic rings. The number of hydrogen-bond acceptors (Lipinski definition) is 4. The lowest BCUT2D eigenvalue weighted by Gasteiger charge is -1.96. The van der Waals surface area contributed by atoms with Crippen LogP contribution < -0.4 is 5.56 Å². The summed E-state index contributed by atoms with van der Waals surface area (Å²) in [4.78, 5) is 11.3. The average molecular weight is 303 g/mol. The Kier molecular flexibility index (Phi) is 2.36. The molecule has 0 N–H and O–H groups in total. The van der Waals surface area contributed by atoms with Crippen LogP contribution in [0.4, 0.5) is 0 Å². The molecule has 2 heterocycles. The van der Waals surface area contributed by atoms with Crippen molar-refractivity contribution in [1.82, 2.24) is 14.8 Å². The summed E-state index contributed by atoms with van der Waals surface area (Å²) < 4.78 is 7.11. The highest BCUT2D eigenvalue weighted by Gasteiger charge is 2.06. The molecule has 0 bridgehead atoms. The number of rotatable bonds is 1. The van der Waals surface area contributed by atoms with Gasteiger partial charge in [0.25, 0.3) is 9.46 Å². The zero-order chi connectivity index (χ0) is 10.1. The van der Waals surface area contributed by atoms with Gasteiger partial charge in [0.05, 0.1) is 0 Å². The van der Waals surface area contributed by atoms with Crippen molar-refractivity contribution in [1.29, 1.82) is 0 Å². The van der Waals surface area contributed by atoms with Gasteiger partial charge in [-0.3, -0.25) is 4.79 Å². The topological polar surface area (TPSA) is 60.9 Å². The molecule has 6 heteroatoms. The lowest BCUT2D eigenvalue weighted by molar-refractivity contribution is 0.536. The Labute approximate surface area is 92.9 Å². The molecule has 0 radical (unpaired) electrons. The molecular formula is C8H6IN3O2. The van der Waals surface area contributed by atoms with Gasteiger partial charge in [-0.15, -0.1) is 10.2 Å². The third-order valence-corrected chi connectivity index (χ3v) is 2.19. The van der Waals surface area contributed by atoms with E-state index in [4.69, 9.17) is 4.42 Å². The summed E-state index contributed by atoms with van der Waals surface area (Å²) in [6, 6.07) is 3.22. The first-order valence-electron chi connectivity index (χ1n) is 3.83. The smallest absolute Gasteiger partial charge is 0.278 e. The highest BCUT2D eigenvalue weighted by molar-refractivity contribution is 14.1. The van der Waals surface area contributed by atoms with E-state index in [0.29, 0.717) is 15.4 Å². The number of halogens is 1. The van der Waals surface area contributed by atoms with Crippen molar-refractivity contribution in [2.75, 3.05) is 0 Å². The minimum absolute atomic E-state index is 0.101. The molecular weight excluding hydrogens is 297 g/mol. The molecule has 0 fully saturated rings. The summed E-state index contributed by atoms with van der Waals surface area (Å²) >= 11 is 1.92. The van der Waals surface area contributed by atoms with Crippen molar-refractivity contribution in [3.63, 3.8) is 0 Å². The molecule has 0 spiro atoms. The molecule has 0 atom stereocenters. The van der Waals surface area contributed by atoms with E-state index in [2.05, 4.69) is 10.2 Å². The Balaban J connectivity index is 2.53. The molecule has 0 aliphatic rings. The third kappa shape index (κ3) is 1.69. The zero-order valence-electron chi connectivity index (χ0n) is 7.27. The summed E-state index contributed by atoms with van der Waals surface area (Å²) in [6.45, 7) is 0. The van der Waals surface area contributed by atoms with Gasteiger partial charge in [0, 0.05) is 47.5 Å². The van der Waals surface area contributed by atoms with Crippen molar-refractivity contribution in [2.45, 2.75) is 0 Å². The fraction of sp³-hybridized carbons (Fsp3) is 0.125. The Morgan fingerprint density at radius 1 is 1.50 bits per heavy atom. The Hall–Kier alpha value is -1.18. The number of pyridine rings is 1. The first kappa shape index (κ1) is 9.38. The second kappa shape index (κ2) is 3.52. The maximum atomic E-state index is 11.3. The van der Waals surface area contributed by atoms with Crippen LogP contribution in [0.1, 0.15) is 0 Å². The Morgan fingerprint density at radius 2 is 2.29 bits per heavy atom. The SMILES string of the molecule is Cn1ccc(-c2nnc(I)o2)cc1=O. The van der Waals surface area contributed by atoms with E-state index in [0.717, 1.165) is 0 Å². The molecule has 2 rings (SSSR count). The van der Waals surface area contributed by atoms with Crippen LogP contribution in [0.5, 0.6) is 0 Å². The minimum Gasteiger partial charge on any atom is -0.412 e. The lowest BCUT2D eigenvalue weighted by atomic mass is 10.3. The van der Waals surface area contributed by atoms with Crippen molar-refractivity contribution in [2.24, 2.45) is 7.05 Å². The summed E-state index contributed by atoms with van der Waals surface area (Å²) in [7, 11) is 1.68. The van der Waals surface area contributed by atoms with Gasteiger partial charge in [0.15, 0.2) is 0 Å². The molecule has 0 amide bonds. The number of aromatic nitrogens is 3. The van der Waals surface area contributed by atoms with Gasteiger partial charge in [-0.05, 0) is 6.07 Å². The molecule has 5 nitrogen and oxygen atoms in total. The summed E-state index contributed by atoms with van der Waals surface area (Å²) in [5, 5.41) is 7.49. The Bertz CT molecular complexity index is 517. The zero-order valence-corrected chi connectivity index (χ0v) is 9.43. The van der Waals surface area contributed by atoms with E-state index < -0.39 is 0 Å². The molecule has 0 aromatic carbocycles. The van der Waals surface area contributed by atoms with Crippen LogP contribution in [0.15, 0.2) is 27.5 Å². The van der Waals surface area contributed by atoms with Crippen LogP contribution in [0.3, 0.4) is 0 Å². The number of hydrogen-bond donors (Lipinski definition) is 0. The average Bonchev–Trinajstić information content (AvgIpc) is 2.57. The summed E-state index contributed by atoms with van der Waals surface area (Å²) in [5.41, 5.74) is 0.541. The Morgan fingerprint density at radius 3 is 2.86 bits per heavy atom. The third-order valence-electron chi connectivity index (χ3n) is 1.75. The first-order chi connectivity index (χ1) is 6.66. The standard InChI is InChI=1S/C8H6IN3O2/c1-12-3-2-5(4-6(12)13)7-10-11-8(9)14-7/h2-4H,1H3. The van der Waals surface area contributed by atoms with Crippen molar-refractivity contribution < 1.29 is 4.42 Å². The quantitative estimate of drug-likeness (QED) is 0.739. The fourth-order valence-corrected chi connectivity index (χ4v) is 1.32. The summed E-state index contributed by atoms with van der Waals surface area (Å²) in [5.74, 6) is 0.368. The molecule has 72 valence electrons. The minimum atomic E-state index is -0.101. The van der Waals surface area contributed by atoms with E-state index in [9.17, 15) is 4.79 Å². The van der Waals surface area contributed by atoms with Crippen molar-refractivity contribution in [3.8, 4) is 11.5 Å². The van der Waals surface area contributed by atoms with Gasteiger partial charge in [-0.1, -0.05) is 0 Å². The summed E-state index contributed by atoms with van der Waals surface area (Å²) in [6.07, 6.45) is 1.66. The van der Waals surface area contributed by atoms with Gasteiger partial charge < -0.3 is 8.98 Å². The monoisotopic (exact) mass is 303 g/mol. The maximum absolute atomic E-state index is 11.3. The van der Waals surface area contributed by atoms with Crippen LogP contribution in [-0.2, 0) is 7.05 Å². The maximum Gasteiger partial charge on any atom is 0.278 e. The van der Waals surface area contributed by atoms with Crippen LogP contribution in [0.25, 0.3) is 11.5 Å². The first-order valence-corrected chi connectivity index (χ1v) is 4.91. The van der Waals surface area contributed by atoms with Crippen LogP contribution >= 0.6 is 22.6 Å².